The molecule has 0 spiro atoms. The van der Waals surface area contributed by atoms with E-state index in [-0.39, 0.29) is 24.4 Å². The number of carbonyl (C=O) groups is 1. The molecule has 1 aromatic rings. The zero-order valence-corrected chi connectivity index (χ0v) is 12.0. The Morgan fingerprint density at radius 1 is 1.29 bits per heavy atom. The van der Waals surface area contributed by atoms with E-state index in [1.165, 1.54) is 18.6 Å². The van der Waals surface area contributed by atoms with E-state index in [1.54, 1.807) is 0 Å². The molecule has 1 aromatic carbocycles. The molecule has 2 rings (SSSR count). The number of hydrogen-bond donors (Lipinski definition) is 1. The Hall–Kier alpha value is -1.33. The highest BCUT2D eigenvalue weighted by atomic mass is 19.2. The van der Waals surface area contributed by atoms with Crippen molar-refractivity contribution in [2.45, 2.75) is 38.1 Å². The van der Waals surface area contributed by atoms with Crippen molar-refractivity contribution in [2.75, 3.05) is 19.7 Å². The molecule has 0 unspecified atom stereocenters. The van der Waals surface area contributed by atoms with Gasteiger partial charge in [-0.2, -0.15) is 0 Å². The van der Waals surface area contributed by atoms with Crippen LogP contribution in [0.25, 0.3) is 0 Å². The van der Waals surface area contributed by atoms with Crippen molar-refractivity contribution in [3.63, 3.8) is 0 Å². The maximum absolute atomic E-state index is 13.6. The second kappa shape index (κ2) is 7.61. The van der Waals surface area contributed by atoms with Gasteiger partial charge in [0.1, 0.15) is 0 Å². The predicted octanol–water partition coefficient (Wildman–Crippen LogP) is 2.77. The number of ketones is 1. The van der Waals surface area contributed by atoms with Crippen molar-refractivity contribution < 1.29 is 18.7 Å². The topological polar surface area (TPSA) is 40.5 Å². The quantitative estimate of drug-likeness (QED) is 0.750. The van der Waals surface area contributed by atoms with E-state index < -0.39 is 11.6 Å². The third kappa shape index (κ3) is 4.08. The van der Waals surface area contributed by atoms with Gasteiger partial charge in [0, 0.05) is 32.2 Å². The van der Waals surface area contributed by atoms with E-state index in [0.717, 1.165) is 25.5 Å². The van der Waals surface area contributed by atoms with Crippen LogP contribution in [0.15, 0.2) is 18.2 Å². The zero-order chi connectivity index (χ0) is 15.2. The van der Waals surface area contributed by atoms with Crippen molar-refractivity contribution in [1.82, 2.24) is 4.90 Å². The summed E-state index contributed by atoms with van der Waals surface area (Å²) in [6.07, 6.45) is 4.23. The van der Waals surface area contributed by atoms with Gasteiger partial charge in [-0.3, -0.25) is 9.69 Å². The first kappa shape index (κ1) is 16.0. The number of rotatable bonds is 8. The lowest BCUT2D eigenvalue weighted by atomic mass is 9.91. The Balaban J connectivity index is 1.93. The van der Waals surface area contributed by atoms with E-state index in [9.17, 15) is 13.6 Å². The summed E-state index contributed by atoms with van der Waals surface area (Å²) in [7, 11) is 0. The lowest BCUT2D eigenvalue weighted by Crippen LogP contribution is -2.42. The summed E-state index contributed by atoms with van der Waals surface area (Å²) in [5, 5.41) is 8.93. The molecule has 5 heteroatoms. The van der Waals surface area contributed by atoms with Gasteiger partial charge in [-0.1, -0.05) is 12.5 Å². The average molecular weight is 297 g/mol. The highest BCUT2D eigenvalue weighted by molar-refractivity contribution is 5.96. The van der Waals surface area contributed by atoms with Gasteiger partial charge >= 0.3 is 0 Å². The molecule has 116 valence electrons. The molecule has 3 nitrogen and oxygen atoms in total. The normalized spacial score (nSPS) is 15.2. The van der Waals surface area contributed by atoms with Crippen molar-refractivity contribution in [3.8, 4) is 0 Å². The number of benzene rings is 1. The van der Waals surface area contributed by atoms with Crippen molar-refractivity contribution in [3.05, 3.63) is 35.4 Å². The molecule has 21 heavy (non-hydrogen) atoms. The molecule has 0 bridgehead atoms. The Bertz CT molecular complexity index is 489. The zero-order valence-electron chi connectivity index (χ0n) is 12.0. The summed E-state index contributed by atoms with van der Waals surface area (Å²) in [5.41, 5.74) is -0.175. The molecule has 0 radical (unpaired) electrons. The van der Waals surface area contributed by atoms with E-state index >= 15 is 0 Å². The van der Waals surface area contributed by atoms with Gasteiger partial charge in [-0.05, 0) is 31.4 Å². The highest BCUT2D eigenvalue weighted by Gasteiger charge is 2.25. The Morgan fingerprint density at radius 3 is 2.67 bits per heavy atom. The molecule has 0 amide bonds. The summed E-state index contributed by atoms with van der Waals surface area (Å²) in [6, 6.07) is 4.14. The van der Waals surface area contributed by atoms with E-state index in [4.69, 9.17) is 5.11 Å². The molecule has 0 heterocycles. The van der Waals surface area contributed by atoms with Gasteiger partial charge in [0.05, 0.1) is 5.56 Å². The molecular formula is C16H21F2NO2. The summed E-state index contributed by atoms with van der Waals surface area (Å²) in [6.45, 7) is 1.38. The Kier molecular flexibility index (Phi) is 5.82. The van der Waals surface area contributed by atoms with Crippen LogP contribution < -0.4 is 0 Å². The van der Waals surface area contributed by atoms with Crippen LogP contribution in [0.1, 0.15) is 42.5 Å². The van der Waals surface area contributed by atoms with Crippen LogP contribution in [0.4, 0.5) is 8.78 Å². The molecule has 1 aliphatic carbocycles. The Morgan fingerprint density at radius 2 is 2.05 bits per heavy atom. The number of aliphatic hydroxyl groups excluding tert-OH is 1. The van der Waals surface area contributed by atoms with Gasteiger partial charge in [0.2, 0.25) is 0 Å². The molecule has 0 aromatic heterocycles. The average Bonchev–Trinajstić information content (AvgIpc) is 2.42. The number of aliphatic hydroxyl groups is 1. The first-order chi connectivity index (χ1) is 10.1. The first-order valence-electron chi connectivity index (χ1n) is 7.45. The molecule has 1 N–H and O–H groups in total. The molecule has 0 atom stereocenters. The van der Waals surface area contributed by atoms with Crippen molar-refractivity contribution in [2.24, 2.45) is 0 Å². The monoisotopic (exact) mass is 297 g/mol. The minimum atomic E-state index is -1.06. The smallest absolute Gasteiger partial charge is 0.169 e. The van der Waals surface area contributed by atoms with Crippen LogP contribution in [0, 0.1) is 11.6 Å². The number of Topliss-reactive ketones (excluding diaryl/α,β-unsaturated/α-hetero) is 1. The minimum Gasteiger partial charge on any atom is -0.396 e. The van der Waals surface area contributed by atoms with Crippen molar-refractivity contribution >= 4 is 5.78 Å². The maximum Gasteiger partial charge on any atom is 0.169 e. The SMILES string of the molecule is O=C(CCN(CCCO)C1CCC1)c1cccc(F)c1F. The molecule has 0 saturated heterocycles. The van der Waals surface area contributed by atoms with Gasteiger partial charge in [0.15, 0.2) is 17.4 Å². The second-order valence-electron chi connectivity index (χ2n) is 5.47. The number of nitrogens with zero attached hydrogens (tertiary/aromatic N) is 1. The van der Waals surface area contributed by atoms with Gasteiger partial charge in [-0.25, -0.2) is 8.78 Å². The lowest BCUT2D eigenvalue weighted by molar-refractivity contribution is 0.0883. The van der Waals surface area contributed by atoms with Crippen LogP contribution >= 0.6 is 0 Å². The van der Waals surface area contributed by atoms with Crippen LogP contribution in [0.5, 0.6) is 0 Å². The molecule has 1 fully saturated rings. The fraction of sp³-hybridized carbons (Fsp3) is 0.562. The third-order valence-corrected chi connectivity index (χ3v) is 4.07. The van der Waals surface area contributed by atoms with Gasteiger partial charge < -0.3 is 5.11 Å². The number of hydrogen-bond acceptors (Lipinski definition) is 3. The molecule has 0 aliphatic heterocycles. The summed E-state index contributed by atoms with van der Waals surface area (Å²) >= 11 is 0. The van der Waals surface area contributed by atoms with E-state index in [2.05, 4.69) is 4.90 Å². The molecule has 1 saturated carbocycles. The minimum absolute atomic E-state index is 0.121. The third-order valence-electron chi connectivity index (χ3n) is 4.07. The molecule has 1 aliphatic rings. The predicted molar refractivity (Wildman–Crippen MR) is 76.2 cm³/mol. The fourth-order valence-electron chi connectivity index (χ4n) is 2.60. The van der Waals surface area contributed by atoms with Crippen molar-refractivity contribution in [1.29, 1.82) is 0 Å². The van der Waals surface area contributed by atoms with Crippen LogP contribution in [0.3, 0.4) is 0 Å². The second-order valence-corrected chi connectivity index (χ2v) is 5.47. The first-order valence-corrected chi connectivity index (χ1v) is 7.45. The van der Waals surface area contributed by atoms with E-state index in [0.29, 0.717) is 19.0 Å². The molecular weight excluding hydrogens is 276 g/mol. The van der Waals surface area contributed by atoms with Gasteiger partial charge in [0.25, 0.3) is 0 Å². The largest absolute Gasteiger partial charge is 0.396 e. The summed E-state index contributed by atoms with van der Waals surface area (Å²) in [4.78, 5) is 14.2. The van der Waals surface area contributed by atoms with Gasteiger partial charge in [-0.15, -0.1) is 0 Å². The number of halogens is 2. The Labute approximate surface area is 123 Å². The van der Waals surface area contributed by atoms with Crippen LogP contribution in [-0.4, -0.2) is 41.5 Å². The highest BCUT2D eigenvalue weighted by Crippen LogP contribution is 2.25. The van der Waals surface area contributed by atoms with Crippen LogP contribution in [-0.2, 0) is 0 Å². The van der Waals surface area contributed by atoms with Crippen LogP contribution in [0.2, 0.25) is 0 Å². The maximum atomic E-state index is 13.6. The van der Waals surface area contributed by atoms with E-state index in [1.807, 2.05) is 0 Å². The number of carbonyl (C=O) groups excluding carboxylic acids is 1. The standard InChI is InChI=1S/C16H21F2NO2/c17-14-7-2-6-13(16(14)18)15(21)8-10-19(9-3-11-20)12-4-1-5-12/h2,6-7,12,20H,1,3-5,8-11H2. The summed E-state index contributed by atoms with van der Waals surface area (Å²) < 4.78 is 26.7. The summed E-state index contributed by atoms with van der Waals surface area (Å²) in [5.74, 6) is -2.43. The fourth-order valence-corrected chi connectivity index (χ4v) is 2.60. The lowest BCUT2D eigenvalue weighted by Gasteiger charge is -2.37.